The van der Waals surface area contributed by atoms with Gasteiger partial charge in [-0.1, -0.05) is 34.6 Å². The van der Waals surface area contributed by atoms with Crippen molar-refractivity contribution in [2.75, 3.05) is 0 Å². The number of aromatic hydroxyl groups is 1. The minimum atomic E-state index is -0.329. The highest BCUT2D eigenvalue weighted by molar-refractivity contribution is 5.41. The van der Waals surface area contributed by atoms with Crippen LogP contribution in [0.15, 0.2) is 12.1 Å². The Morgan fingerprint density at radius 3 is 2.13 bits per heavy atom. The lowest BCUT2D eigenvalue weighted by atomic mass is 9.84. The summed E-state index contributed by atoms with van der Waals surface area (Å²) < 4.78 is 13.6. The van der Waals surface area contributed by atoms with E-state index < -0.39 is 0 Å². The van der Waals surface area contributed by atoms with E-state index in [1.165, 1.54) is 6.07 Å². The number of benzene rings is 1. The van der Waals surface area contributed by atoms with Crippen LogP contribution in [-0.4, -0.2) is 5.11 Å². The Morgan fingerprint density at radius 1 is 1.20 bits per heavy atom. The highest BCUT2D eigenvalue weighted by Gasteiger charge is 2.21. The van der Waals surface area contributed by atoms with Crippen molar-refractivity contribution in [2.45, 2.75) is 46.0 Å². The standard InChI is InChI=1S/C13H19FO/c1-8(2)9-6-10(13(3,4)5)11(14)7-12(9)15/h6-8,15H,1-5H3. The molecule has 0 atom stereocenters. The average molecular weight is 210 g/mol. The first-order valence-corrected chi connectivity index (χ1v) is 5.26. The Hall–Kier alpha value is -1.05. The summed E-state index contributed by atoms with van der Waals surface area (Å²) in [6.45, 7) is 9.87. The molecule has 84 valence electrons. The predicted molar refractivity (Wildman–Crippen MR) is 60.9 cm³/mol. The molecule has 0 aliphatic carbocycles. The first kappa shape index (κ1) is 12.0. The first-order valence-electron chi connectivity index (χ1n) is 5.26. The van der Waals surface area contributed by atoms with Crippen molar-refractivity contribution >= 4 is 0 Å². The van der Waals surface area contributed by atoms with Gasteiger partial charge in [-0.15, -0.1) is 0 Å². The van der Waals surface area contributed by atoms with Crippen LogP contribution in [0.25, 0.3) is 0 Å². The summed E-state index contributed by atoms with van der Waals surface area (Å²) >= 11 is 0. The number of phenols is 1. The smallest absolute Gasteiger partial charge is 0.130 e. The van der Waals surface area contributed by atoms with Gasteiger partial charge in [-0.2, -0.15) is 0 Å². The molecule has 1 nitrogen and oxygen atoms in total. The van der Waals surface area contributed by atoms with Crippen LogP contribution >= 0.6 is 0 Å². The summed E-state index contributed by atoms with van der Waals surface area (Å²) in [5, 5.41) is 9.61. The Labute approximate surface area is 90.9 Å². The second-order valence-electron chi connectivity index (χ2n) is 5.30. The van der Waals surface area contributed by atoms with Crippen LogP contribution in [0, 0.1) is 5.82 Å². The lowest BCUT2D eigenvalue weighted by molar-refractivity contribution is 0.451. The molecule has 0 heterocycles. The topological polar surface area (TPSA) is 20.2 Å². The van der Waals surface area contributed by atoms with E-state index in [0.717, 1.165) is 5.56 Å². The third kappa shape index (κ3) is 2.49. The Balaban J connectivity index is 3.37. The quantitative estimate of drug-likeness (QED) is 0.744. The van der Waals surface area contributed by atoms with E-state index in [2.05, 4.69) is 0 Å². The van der Waals surface area contributed by atoms with Gasteiger partial charge in [0.1, 0.15) is 11.6 Å². The van der Waals surface area contributed by atoms with E-state index in [0.29, 0.717) is 5.56 Å². The van der Waals surface area contributed by atoms with Crippen molar-refractivity contribution in [3.63, 3.8) is 0 Å². The summed E-state index contributed by atoms with van der Waals surface area (Å²) in [4.78, 5) is 0. The van der Waals surface area contributed by atoms with Crippen molar-refractivity contribution in [3.8, 4) is 5.75 Å². The maximum atomic E-state index is 13.6. The fourth-order valence-corrected chi connectivity index (χ4v) is 1.62. The Morgan fingerprint density at radius 2 is 1.73 bits per heavy atom. The summed E-state index contributed by atoms with van der Waals surface area (Å²) in [7, 11) is 0. The zero-order chi connectivity index (χ0) is 11.8. The minimum absolute atomic E-state index is 0.0514. The summed E-state index contributed by atoms with van der Waals surface area (Å²) in [5.74, 6) is -0.0772. The molecular weight excluding hydrogens is 191 g/mol. The molecule has 0 saturated carbocycles. The number of rotatable bonds is 1. The maximum absolute atomic E-state index is 13.6. The van der Waals surface area contributed by atoms with Crippen molar-refractivity contribution in [1.82, 2.24) is 0 Å². The molecule has 0 aliphatic rings. The van der Waals surface area contributed by atoms with Gasteiger partial charge in [0.25, 0.3) is 0 Å². The molecule has 2 heteroatoms. The fraction of sp³-hybridized carbons (Fsp3) is 0.538. The molecule has 1 rings (SSSR count). The lowest BCUT2D eigenvalue weighted by Crippen LogP contribution is -2.14. The largest absolute Gasteiger partial charge is 0.508 e. The van der Waals surface area contributed by atoms with Crippen LogP contribution in [0.4, 0.5) is 4.39 Å². The van der Waals surface area contributed by atoms with E-state index in [-0.39, 0.29) is 22.9 Å². The van der Waals surface area contributed by atoms with Gasteiger partial charge in [0.05, 0.1) is 0 Å². The number of hydrogen-bond donors (Lipinski definition) is 1. The third-order valence-electron chi connectivity index (χ3n) is 2.55. The molecule has 0 bridgehead atoms. The molecule has 1 N–H and O–H groups in total. The van der Waals surface area contributed by atoms with Crippen molar-refractivity contribution in [1.29, 1.82) is 0 Å². The number of phenolic OH excluding ortho intramolecular Hbond substituents is 1. The summed E-state index contributed by atoms with van der Waals surface area (Å²) in [6.07, 6.45) is 0. The van der Waals surface area contributed by atoms with E-state index in [1.54, 1.807) is 6.07 Å². The number of hydrogen-bond acceptors (Lipinski definition) is 1. The first-order chi connectivity index (χ1) is 6.73. The van der Waals surface area contributed by atoms with Gasteiger partial charge in [-0.3, -0.25) is 0 Å². The second kappa shape index (κ2) is 3.84. The van der Waals surface area contributed by atoms with Crippen LogP contribution < -0.4 is 0 Å². The monoisotopic (exact) mass is 210 g/mol. The van der Waals surface area contributed by atoms with Crippen molar-refractivity contribution in [3.05, 3.63) is 29.1 Å². The van der Waals surface area contributed by atoms with Crippen LogP contribution in [0.3, 0.4) is 0 Å². The highest BCUT2D eigenvalue weighted by Crippen LogP contribution is 2.33. The zero-order valence-electron chi connectivity index (χ0n) is 10.1. The van der Waals surface area contributed by atoms with Gasteiger partial charge < -0.3 is 5.11 Å². The van der Waals surface area contributed by atoms with E-state index in [1.807, 2.05) is 34.6 Å². The Kier molecular flexibility index (Phi) is 3.08. The SMILES string of the molecule is CC(C)c1cc(C(C)(C)C)c(F)cc1O. The van der Waals surface area contributed by atoms with Crippen LogP contribution in [0.5, 0.6) is 5.75 Å². The molecule has 15 heavy (non-hydrogen) atoms. The van der Waals surface area contributed by atoms with E-state index in [4.69, 9.17) is 0 Å². The third-order valence-corrected chi connectivity index (χ3v) is 2.55. The van der Waals surface area contributed by atoms with E-state index in [9.17, 15) is 9.50 Å². The molecule has 0 aliphatic heterocycles. The average Bonchev–Trinajstić information content (AvgIpc) is 2.00. The van der Waals surface area contributed by atoms with Gasteiger partial charge >= 0.3 is 0 Å². The molecule has 1 aromatic carbocycles. The van der Waals surface area contributed by atoms with E-state index >= 15 is 0 Å². The lowest BCUT2D eigenvalue weighted by Gasteiger charge is -2.22. The van der Waals surface area contributed by atoms with Crippen LogP contribution in [-0.2, 0) is 5.41 Å². The molecule has 0 fully saturated rings. The predicted octanol–water partition coefficient (Wildman–Crippen LogP) is 3.95. The molecule has 0 aromatic heterocycles. The van der Waals surface area contributed by atoms with Gasteiger partial charge in [0, 0.05) is 6.07 Å². The van der Waals surface area contributed by atoms with Gasteiger partial charge in [-0.05, 0) is 28.5 Å². The molecule has 0 saturated heterocycles. The highest BCUT2D eigenvalue weighted by atomic mass is 19.1. The number of halogens is 1. The summed E-state index contributed by atoms with van der Waals surface area (Å²) in [6, 6.07) is 2.99. The fourth-order valence-electron chi connectivity index (χ4n) is 1.62. The minimum Gasteiger partial charge on any atom is -0.508 e. The van der Waals surface area contributed by atoms with Crippen molar-refractivity contribution < 1.29 is 9.50 Å². The zero-order valence-corrected chi connectivity index (χ0v) is 10.1. The molecule has 0 amide bonds. The molecule has 0 unspecified atom stereocenters. The van der Waals surface area contributed by atoms with Gasteiger partial charge in [0.2, 0.25) is 0 Å². The second-order valence-corrected chi connectivity index (χ2v) is 5.30. The molecule has 1 aromatic rings. The van der Waals surface area contributed by atoms with Gasteiger partial charge in [-0.25, -0.2) is 4.39 Å². The Bertz CT molecular complexity index is 362. The van der Waals surface area contributed by atoms with Crippen LogP contribution in [0.1, 0.15) is 51.7 Å². The maximum Gasteiger partial charge on any atom is 0.130 e. The summed E-state index contributed by atoms with van der Waals surface area (Å²) in [5.41, 5.74) is 1.23. The molecule has 0 spiro atoms. The molecular formula is C13H19FO. The normalized spacial score (nSPS) is 12.2. The molecule has 0 radical (unpaired) electrons. The van der Waals surface area contributed by atoms with Crippen molar-refractivity contribution in [2.24, 2.45) is 0 Å². The van der Waals surface area contributed by atoms with Crippen LogP contribution in [0.2, 0.25) is 0 Å². The van der Waals surface area contributed by atoms with Gasteiger partial charge in [0.15, 0.2) is 0 Å².